The van der Waals surface area contributed by atoms with E-state index in [2.05, 4.69) is 45.8 Å². The number of aromatic nitrogens is 1. The van der Waals surface area contributed by atoms with E-state index in [9.17, 15) is 0 Å². The molecule has 3 heteroatoms. The Bertz CT molecular complexity index is 456. The minimum Gasteiger partial charge on any atom is -0.324 e. The third kappa shape index (κ3) is 2.80. The van der Waals surface area contributed by atoms with Crippen molar-refractivity contribution in [2.75, 3.05) is 0 Å². The Hall–Kier alpha value is -0.940. The summed E-state index contributed by atoms with van der Waals surface area (Å²) >= 11 is 2.32. The fraction of sp³-hybridized carbons (Fsp3) is 0.154. The number of nitrogens with two attached hydrogens (primary N) is 1. The van der Waals surface area contributed by atoms with Gasteiger partial charge in [0.05, 0.1) is 0 Å². The summed E-state index contributed by atoms with van der Waals surface area (Å²) in [6.45, 7) is 0. The van der Waals surface area contributed by atoms with Crippen LogP contribution in [0.3, 0.4) is 0 Å². The standard InChI is InChI=1S/C13H13IN2/c14-12-6-2-1-5-11(12)13(15)8-10-4-3-7-16-9-10/h1-7,9,13H,8,15H2. The van der Waals surface area contributed by atoms with Crippen molar-refractivity contribution < 1.29 is 0 Å². The fourth-order valence-corrected chi connectivity index (χ4v) is 2.45. The van der Waals surface area contributed by atoms with Gasteiger partial charge in [0.2, 0.25) is 0 Å². The molecular weight excluding hydrogens is 311 g/mol. The van der Waals surface area contributed by atoms with Crippen molar-refractivity contribution in [3.8, 4) is 0 Å². The second-order valence-corrected chi connectivity index (χ2v) is 4.86. The van der Waals surface area contributed by atoms with E-state index in [4.69, 9.17) is 5.73 Å². The van der Waals surface area contributed by atoms with Gasteiger partial charge in [0, 0.05) is 22.0 Å². The van der Waals surface area contributed by atoms with E-state index < -0.39 is 0 Å². The predicted octanol–water partition coefficient (Wildman–Crippen LogP) is 2.93. The zero-order valence-corrected chi connectivity index (χ0v) is 11.0. The minimum absolute atomic E-state index is 0.0392. The Kier molecular flexibility index (Phi) is 3.90. The molecule has 0 aliphatic heterocycles. The van der Waals surface area contributed by atoms with Crippen LogP contribution in [0.1, 0.15) is 17.2 Å². The molecule has 2 nitrogen and oxygen atoms in total. The van der Waals surface area contributed by atoms with Gasteiger partial charge in [0.15, 0.2) is 0 Å². The highest BCUT2D eigenvalue weighted by Crippen LogP contribution is 2.20. The molecule has 0 radical (unpaired) electrons. The number of halogens is 1. The van der Waals surface area contributed by atoms with Gasteiger partial charge in [-0.3, -0.25) is 4.98 Å². The van der Waals surface area contributed by atoms with Crippen molar-refractivity contribution in [3.05, 3.63) is 63.5 Å². The SMILES string of the molecule is NC(Cc1cccnc1)c1ccccc1I. The van der Waals surface area contributed by atoms with Crippen molar-refractivity contribution in [1.82, 2.24) is 4.98 Å². The number of nitrogens with zero attached hydrogens (tertiary/aromatic N) is 1. The van der Waals surface area contributed by atoms with E-state index in [0.29, 0.717) is 0 Å². The van der Waals surface area contributed by atoms with E-state index in [1.54, 1.807) is 6.20 Å². The molecule has 0 saturated carbocycles. The molecule has 0 aliphatic carbocycles. The second-order valence-electron chi connectivity index (χ2n) is 3.69. The first-order valence-electron chi connectivity index (χ1n) is 5.16. The maximum Gasteiger partial charge on any atom is 0.0346 e. The van der Waals surface area contributed by atoms with Gasteiger partial charge in [-0.25, -0.2) is 0 Å². The zero-order valence-electron chi connectivity index (χ0n) is 8.81. The molecule has 0 spiro atoms. The molecule has 1 heterocycles. The molecule has 0 saturated heterocycles. The Morgan fingerprint density at radius 3 is 2.69 bits per heavy atom. The lowest BCUT2D eigenvalue weighted by Crippen LogP contribution is -2.14. The molecule has 0 amide bonds. The van der Waals surface area contributed by atoms with Crippen LogP contribution in [0, 0.1) is 3.57 Å². The van der Waals surface area contributed by atoms with Crippen molar-refractivity contribution in [1.29, 1.82) is 0 Å². The summed E-state index contributed by atoms with van der Waals surface area (Å²) in [6.07, 6.45) is 4.48. The first kappa shape index (κ1) is 11.5. The number of hydrogen-bond acceptors (Lipinski definition) is 2. The van der Waals surface area contributed by atoms with Gasteiger partial charge in [0.25, 0.3) is 0 Å². The van der Waals surface area contributed by atoms with Crippen LogP contribution in [0.4, 0.5) is 0 Å². The lowest BCUT2D eigenvalue weighted by Gasteiger charge is -2.13. The summed E-state index contributed by atoms with van der Waals surface area (Å²) in [4.78, 5) is 4.10. The van der Waals surface area contributed by atoms with Gasteiger partial charge in [-0.1, -0.05) is 24.3 Å². The lowest BCUT2D eigenvalue weighted by molar-refractivity contribution is 0.716. The average Bonchev–Trinajstić information content (AvgIpc) is 2.31. The highest BCUT2D eigenvalue weighted by atomic mass is 127. The monoisotopic (exact) mass is 324 g/mol. The summed E-state index contributed by atoms with van der Waals surface area (Å²) in [5.41, 5.74) is 8.57. The van der Waals surface area contributed by atoms with Crippen LogP contribution in [0.25, 0.3) is 0 Å². The molecule has 2 rings (SSSR count). The highest BCUT2D eigenvalue weighted by Gasteiger charge is 2.09. The Labute approximate surface area is 109 Å². The van der Waals surface area contributed by atoms with Crippen molar-refractivity contribution >= 4 is 22.6 Å². The lowest BCUT2D eigenvalue weighted by atomic mass is 10.0. The van der Waals surface area contributed by atoms with Crippen molar-refractivity contribution in [2.45, 2.75) is 12.5 Å². The Morgan fingerprint density at radius 1 is 1.19 bits per heavy atom. The largest absolute Gasteiger partial charge is 0.324 e. The molecule has 16 heavy (non-hydrogen) atoms. The molecule has 82 valence electrons. The predicted molar refractivity (Wildman–Crippen MR) is 74.0 cm³/mol. The summed E-state index contributed by atoms with van der Waals surface area (Å²) in [7, 11) is 0. The van der Waals surface area contributed by atoms with Gasteiger partial charge in [0.1, 0.15) is 0 Å². The van der Waals surface area contributed by atoms with Crippen molar-refractivity contribution in [2.24, 2.45) is 5.73 Å². The Balaban J connectivity index is 2.15. The van der Waals surface area contributed by atoms with Gasteiger partial charge in [-0.2, -0.15) is 0 Å². The average molecular weight is 324 g/mol. The van der Waals surface area contributed by atoms with Crippen LogP contribution in [-0.2, 0) is 6.42 Å². The molecule has 0 bridgehead atoms. The molecular formula is C13H13IN2. The molecule has 1 atom stereocenters. The third-order valence-electron chi connectivity index (χ3n) is 2.48. The van der Waals surface area contributed by atoms with E-state index in [1.807, 2.05) is 24.4 Å². The van der Waals surface area contributed by atoms with Crippen LogP contribution in [-0.4, -0.2) is 4.98 Å². The summed E-state index contributed by atoms with van der Waals surface area (Å²) < 4.78 is 1.22. The van der Waals surface area contributed by atoms with E-state index in [0.717, 1.165) is 6.42 Å². The van der Waals surface area contributed by atoms with Crippen LogP contribution in [0.15, 0.2) is 48.8 Å². The van der Waals surface area contributed by atoms with Crippen LogP contribution >= 0.6 is 22.6 Å². The van der Waals surface area contributed by atoms with E-state index in [-0.39, 0.29) is 6.04 Å². The van der Waals surface area contributed by atoms with Gasteiger partial charge in [-0.05, 0) is 52.3 Å². The normalized spacial score (nSPS) is 12.4. The number of hydrogen-bond donors (Lipinski definition) is 1. The quantitative estimate of drug-likeness (QED) is 0.882. The molecule has 2 N–H and O–H groups in total. The first-order valence-corrected chi connectivity index (χ1v) is 6.24. The molecule has 1 aromatic heterocycles. The number of benzene rings is 1. The van der Waals surface area contributed by atoms with Crippen LogP contribution < -0.4 is 5.73 Å². The summed E-state index contributed by atoms with van der Waals surface area (Å²) in [6, 6.07) is 12.3. The van der Waals surface area contributed by atoms with Gasteiger partial charge in [-0.15, -0.1) is 0 Å². The van der Waals surface area contributed by atoms with E-state index in [1.165, 1.54) is 14.7 Å². The second kappa shape index (κ2) is 5.41. The summed E-state index contributed by atoms with van der Waals surface area (Å²) in [5, 5.41) is 0. The van der Waals surface area contributed by atoms with Crippen LogP contribution in [0.2, 0.25) is 0 Å². The van der Waals surface area contributed by atoms with Crippen molar-refractivity contribution in [3.63, 3.8) is 0 Å². The Morgan fingerprint density at radius 2 is 2.00 bits per heavy atom. The van der Waals surface area contributed by atoms with E-state index >= 15 is 0 Å². The smallest absolute Gasteiger partial charge is 0.0346 e. The number of rotatable bonds is 3. The maximum absolute atomic E-state index is 6.20. The molecule has 1 aromatic carbocycles. The molecule has 2 aromatic rings. The molecule has 0 aliphatic rings. The molecule has 0 fully saturated rings. The topological polar surface area (TPSA) is 38.9 Å². The van der Waals surface area contributed by atoms with Crippen LogP contribution in [0.5, 0.6) is 0 Å². The highest BCUT2D eigenvalue weighted by molar-refractivity contribution is 14.1. The third-order valence-corrected chi connectivity index (χ3v) is 3.47. The van der Waals surface area contributed by atoms with Gasteiger partial charge >= 0.3 is 0 Å². The minimum atomic E-state index is 0.0392. The summed E-state index contributed by atoms with van der Waals surface area (Å²) in [5.74, 6) is 0. The van der Waals surface area contributed by atoms with Gasteiger partial charge < -0.3 is 5.73 Å². The first-order chi connectivity index (χ1) is 7.77. The zero-order chi connectivity index (χ0) is 11.4. The number of pyridine rings is 1. The molecule has 1 unspecified atom stereocenters. The fourth-order valence-electron chi connectivity index (χ4n) is 1.66. The maximum atomic E-state index is 6.20.